The number of hydrogen-bond acceptors (Lipinski definition) is 2. The highest BCUT2D eigenvalue weighted by Crippen LogP contribution is 2.41. The molecule has 0 aromatic heterocycles. The van der Waals surface area contributed by atoms with Gasteiger partial charge in [-0.1, -0.05) is 65.3 Å². The third-order valence-electron chi connectivity index (χ3n) is 4.08. The van der Waals surface area contributed by atoms with E-state index in [-0.39, 0.29) is 0 Å². The predicted octanol–water partition coefficient (Wildman–Crippen LogP) is 4.35. The Labute approximate surface area is 129 Å². The van der Waals surface area contributed by atoms with Crippen LogP contribution in [-0.2, 0) is 0 Å². The van der Waals surface area contributed by atoms with Crippen LogP contribution in [0.2, 0.25) is 0 Å². The predicted molar refractivity (Wildman–Crippen MR) is 88.0 cm³/mol. The molecule has 2 atom stereocenters. The van der Waals surface area contributed by atoms with E-state index in [0.717, 1.165) is 22.3 Å². The molecule has 0 fully saturated rings. The summed E-state index contributed by atoms with van der Waals surface area (Å²) in [5.41, 5.74) is 13.9. The minimum atomic E-state index is -0.770. The van der Waals surface area contributed by atoms with Crippen molar-refractivity contribution in [2.75, 3.05) is 0 Å². The molecule has 0 unspecified atom stereocenters. The average Bonchev–Trinajstić information content (AvgIpc) is 2.87. The Balaban J connectivity index is 2.13. The van der Waals surface area contributed by atoms with Crippen LogP contribution in [0.25, 0.3) is 21.6 Å². The van der Waals surface area contributed by atoms with E-state index in [1.54, 1.807) is 0 Å². The second kappa shape index (κ2) is 6.06. The minimum absolute atomic E-state index is 0.448. The molecule has 0 saturated carbocycles. The number of azide groups is 1. The molecule has 0 aliphatic heterocycles. The van der Waals surface area contributed by atoms with E-state index in [0.29, 0.717) is 6.42 Å². The second-order valence-electron chi connectivity index (χ2n) is 5.55. The molecule has 110 valence electrons. The van der Waals surface area contributed by atoms with Crippen LogP contribution in [0, 0.1) is 6.92 Å². The van der Waals surface area contributed by atoms with E-state index in [1.807, 2.05) is 61.5 Å². The summed E-state index contributed by atoms with van der Waals surface area (Å²) in [7, 11) is 0. The van der Waals surface area contributed by atoms with Crippen molar-refractivity contribution in [3.63, 3.8) is 0 Å². The van der Waals surface area contributed by atoms with Crippen LogP contribution in [0.1, 0.15) is 23.1 Å². The van der Waals surface area contributed by atoms with E-state index in [9.17, 15) is 5.11 Å². The Morgan fingerprint density at radius 2 is 1.73 bits per heavy atom. The lowest BCUT2D eigenvalue weighted by molar-refractivity contribution is 0.210. The third kappa shape index (κ3) is 2.62. The number of aryl methyl sites for hydroxylation is 1. The maximum Gasteiger partial charge on any atom is 0.0886 e. The zero-order chi connectivity index (χ0) is 15.5. The van der Waals surface area contributed by atoms with E-state index in [2.05, 4.69) is 10.0 Å². The first-order valence-corrected chi connectivity index (χ1v) is 7.28. The summed E-state index contributed by atoms with van der Waals surface area (Å²) in [5, 5.41) is 14.4. The summed E-state index contributed by atoms with van der Waals surface area (Å²) in [5.74, 6) is 0. The van der Waals surface area contributed by atoms with Gasteiger partial charge >= 0.3 is 0 Å². The van der Waals surface area contributed by atoms with Gasteiger partial charge in [0.05, 0.1) is 12.1 Å². The molecular weight excluding hydrogens is 274 g/mol. The number of rotatable bonds is 3. The van der Waals surface area contributed by atoms with Gasteiger partial charge in [0, 0.05) is 4.91 Å². The fraction of sp³-hybridized carbons (Fsp3) is 0.222. The molecule has 0 amide bonds. The van der Waals surface area contributed by atoms with Gasteiger partial charge < -0.3 is 5.11 Å². The summed E-state index contributed by atoms with van der Waals surface area (Å²) in [6.07, 6.45) is -0.216. The van der Waals surface area contributed by atoms with Crippen molar-refractivity contribution >= 4 is 11.1 Å². The number of nitrogens with zero attached hydrogens (tertiary/aromatic N) is 3. The Kier molecular flexibility index (Phi) is 3.96. The van der Waals surface area contributed by atoms with Crippen molar-refractivity contribution in [3.8, 4) is 0 Å². The van der Waals surface area contributed by atoms with Gasteiger partial charge in [-0.05, 0) is 41.1 Å². The van der Waals surface area contributed by atoms with Gasteiger partial charge in [0.25, 0.3) is 0 Å². The van der Waals surface area contributed by atoms with Crippen molar-refractivity contribution < 1.29 is 5.11 Å². The highest BCUT2D eigenvalue weighted by atomic mass is 16.3. The Bertz CT molecular complexity index is 744. The van der Waals surface area contributed by atoms with E-state index in [4.69, 9.17) is 5.53 Å². The molecular formula is C18H17N3O. The highest BCUT2D eigenvalue weighted by molar-refractivity contribution is 5.95. The topological polar surface area (TPSA) is 69.0 Å². The standard InChI is InChI=1S/C18H17N3O/c1-12-7-9-14(10-8-12)17-15(13-5-3-2-4-6-13)11-16(18(17)22)20-21-19/h2-10,16,18,22H,11H2,1H3/t16-,18+/m1/s1. The van der Waals surface area contributed by atoms with Gasteiger partial charge in [0.2, 0.25) is 0 Å². The fourth-order valence-electron chi connectivity index (χ4n) is 2.96. The lowest BCUT2D eigenvalue weighted by atomic mass is 9.95. The second-order valence-corrected chi connectivity index (χ2v) is 5.55. The maximum atomic E-state index is 10.6. The van der Waals surface area contributed by atoms with Crippen molar-refractivity contribution in [1.82, 2.24) is 0 Å². The lowest BCUT2D eigenvalue weighted by Crippen LogP contribution is -2.19. The first-order valence-electron chi connectivity index (χ1n) is 7.28. The van der Waals surface area contributed by atoms with Gasteiger partial charge in [-0.15, -0.1) is 0 Å². The molecule has 1 aliphatic rings. The van der Waals surface area contributed by atoms with Crippen LogP contribution in [0.5, 0.6) is 0 Å². The molecule has 0 radical (unpaired) electrons. The lowest BCUT2D eigenvalue weighted by Gasteiger charge is -2.14. The third-order valence-corrected chi connectivity index (χ3v) is 4.08. The maximum absolute atomic E-state index is 10.6. The molecule has 2 aromatic rings. The van der Waals surface area contributed by atoms with Crippen LogP contribution >= 0.6 is 0 Å². The zero-order valence-electron chi connectivity index (χ0n) is 12.3. The van der Waals surface area contributed by atoms with Crippen LogP contribution in [0.15, 0.2) is 59.7 Å². The molecule has 0 heterocycles. The summed E-state index contributed by atoms with van der Waals surface area (Å²) < 4.78 is 0. The molecule has 4 heteroatoms. The first kappa shape index (κ1) is 14.4. The molecule has 1 aliphatic carbocycles. The van der Waals surface area contributed by atoms with Gasteiger partial charge in [0.1, 0.15) is 0 Å². The number of hydrogen-bond donors (Lipinski definition) is 1. The molecule has 0 saturated heterocycles. The molecule has 1 N–H and O–H groups in total. The van der Waals surface area contributed by atoms with Crippen LogP contribution in [-0.4, -0.2) is 17.3 Å². The van der Waals surface area contributed by atoms with Gasteiger partial charge in [0.15, 0.2) is 0 Å². The summed E-state index contributed by atoms with van der Waals surface area (Å²) in [4.78, 5) is 2.88. The first-order chi connectivity index (χ1) is 10.7. The number of benzene rings is 2. The zero-order valence-corrected chi connectivity index (χ0v) is 12.3. The average molecular weight is 291 g/mol. The smallest absolute Gasteiger partial charge is 0.0886 e. The fourth-order valence-corrected chi connectivity index (χ4v) is 2.96. The normalized spacial score (nSPS) is 20.8. The quantitative estimate of drug-likeness (QED) is 0.510. The molecule has 22 heavy (non-hydrogen) atoms. The van der Waals surface area contributed by atoms with Crippen molar-refractivity contribution in [2.45, 2.75) is 25.5 Å². The highest BCUT2D eigenvalue weighted by Gasteiger charge is 2.34. The molecule has 4 nitrogen and oxygen atoms in total. The number of aliphatic hydroxyl groups excluding tert-OH is 1. The van der Waals surface area contributed by atoms with Crippen LogP contribution < -0.4 is 0 Å². The Hall–Kier alpha value is -2.55. The number of aliphatic hydroxyl groups is 1. The van der Waals surface area contributed by atoms with Gasteiger partial charge in [-0.2, -0.15) is 0 Å². The molecule has 2 aromatic carbocycles. The monoisotopic (exact) mass is 291 g/mol. The van der Waals surface area contributed by atoms with Crippen LogP contribution in [0.4, 0.5) is 0 Å². The minimum Gasteiger partial charge on any atom is -0.388 e. The summed E-state index contributed by atoms with van der Waals surface area (Å²) in [6.45, 7) is 2.03. The molecule has 0 bridgehead atoms. The Morgan fingerprint density at radius 3 is 2.36 bits per heavy atom. The van der Waals surface area contributed by atoms with E-state index in [1.165, 1.54) is 5.56 Å². The summed E-state index contributed by atoms with van der Waals surface area (Å²) in [6, 6.07) is 17.6. The van der Waals surface area contributed by atoms with E-state index < -0.39 is 12.1 Å². The largest absolute Gasteiger partial charge is 0.388 e. The van der Waals surface area contributed by atoms with Gasteiger partial charge in [-0.25, -0.2) is 0 Å². The van der Waals surface area contributed by atoms with Crippen molar-refractivity contribution in [2.24, 2.45) is 5.11 Å². The molecule has 3 rings (SSSR count). The summed E-state index contributed by atoms with van der Waals surface area (Å²) >= 11 is 0. The van der Waals surface area contributed by atoms with Crippen molar-refractivity contribution in [3.05, 3.63) is 81.7 Å². The van der Waals surface area contributed by atoms with Gasteiger partial charge in [-0.3, -0.25) is 0 Å². The van der Waals surface area contributed by atoms with Crippen LogP contribution in [0.3, 0.4) is 0 Å². The molecule has 0 spiro atoms. The SMILES string of the molecule is Cc1ccc(C2=C(c3ccccc3)C[C@@H](N=[N+]=[N-])[C@@H]2O)cc1. The van der Waals surface area contributed by atoms with Crippen molar-refractivity contribution in [1.29, 1.82) is 0 Å². The van der Waals surface area contributed by atoms with E-state index >= 15 is 0 Å². The Morgan fingerprint density at radius 1 is 1.05 bits per heavy atom.